The lowest BCUT2D eigenvalue weighted by atomic mass is 10.1. The molecule has 0 aromatic carbocycles. The van der Waals surface area contributed by atoms with Gasteiger partial charge in [-0.15, -0.1) is 23.2 Å². The first kappa shape index (κ1) is 15.4. The highest BCUT2D eigenvalue weighted by atomic mass is 35.5. The number of rotatable bonds is 2. The Balaban J connectivity index is 2.03. The fourth-order valence-corrected chi connectivity index (χ4v) is 3.98. The van der Waals surface area contributed by atoms with E-state index >= 15 is 0 Å². The third-order valence-electron chi connectivity index (χ3n) is 3.94. The second-order valence-corrected chi connectivity index (χ2v) is 8.99. The van der Waals surface area contributed by atoms with Crippen LogP contribution in [0, 0.1) is 5.41 Å². The van der Waals surface area contributed by atoms with Crippen molar-refractivity contribution in [2.45, 2.75) is 24.1 Å². The Morgan fingerprint density at radius 1 is 1.16 bits per heavy atom. The Bertz CT molecular complexity index is 494. The first-order chi connectivity index (χ1) is 8.58. The van der Waals surface area contributed by atoms with Gasteiger partial charge >= 0.3 is 0 Å². The number of amides is 1. The number of alkyl halides is 2. The summed E-state index contributed by atoms with van der Waals surface area (Å²) >= 11 is 12.0. The van der Waals surface area contributed by atoms with E-state index in [1.54, 1.807) is 11.8 Å². The van der Waals surface area contributed by atoms with Crippen LogP contribution in [0.2, 0.25) is 0 Å². The van der Waals surface area contributed by atoms with Crippen LogP contribution in [0.3, 0.4) is 0 Å². The smallest absolute Gasteiger partial charge is 0.231 e. The van der Waals surface area contributed by atoms with Crippen molar-refractivity contribution in [3.05, 3.63) is 0 Å². The van der Waals surface area contributed by atoms with E-state index in [0.717, 1.165) is 0 Å². The SMILES string of the molecule is CC1(C(=O)N2CCCN(S(C)(=O)=O)CC2)CC1(Cl)Cl. The average molecular weight is 329 g/mol. The molecule has 1 unspecified atom stereocenters. The summed E-state index contributed by atoms with van der Waals surface area (Å²) in [5.41, 5.74) is -0.726. The molecule has 2 fully saturated rings. The van der Waals surface area contributed by atoms with E-state index in [-0.39, 0.29) is 5.91 Å². The molecule has 110 valence electrons. The molecule has 1 saturated heterocycles. The average Bonchev–Trinajstić information content (AvgIpc) is 2.88. The molecule has 0 aromatic rings. The van der Waals surface area contributed by atoms with Crippen LogP contribution in [0.15, 0.2) is 0 Å². The molecule has 5 nitrogen and oxygen atoms in total. The molecule has 1 atom stereocenters. The predicted octanol–water partition coefficient (Wildman–Crippen LogP) is 1.06. The van der Waals surface area contributed by atoms with Gasteiger partial charge in [0.25, 0.3) is 0 Å². The van der Waals surface area contributed by atoms with E-state index in [1.165, 1.54) is 10.6 Å². The Morgan fingerprint density at radius 2 is 1.74 bits per heavy atom. The molecule has 0 bridgehead atoms. The molecule has 1 saturated carbocycles. The number of halogens is 2. The van der Waals surface area contributed by atoms with E-state index in [2.05, 4.69) is 0 Å². The van der Waals surface area contributed by atoms with Gasteiger partial charge in [-0.3, -0.25) is 4.79 Å². The molecule has 19 heavy (non-hydrogen) atoms. The van der Waals surface area contributed by atoms with Crippen LogP contribution >= 0.6 is 23.2 Å². The zero-order valence-corrected chi connectivity index (χ0v) is 13.4. The van der Waals surface area contributed by atoms with Crippen molar-refractivity contribution in [2.75, 3.05) is 32.4 Å². The maximum absolute atomic E-state index is 12.4. The molecule has 0 radical (unpaired) electrons. The molecule has 0 aromatic heterocycles. The van der Waals surface area contributed by atoms with Crippen LogP contribution in [0.1, 0.15) is 19.8 Å². The van der Waals surface area contributed by atoms with Gasteiger partial charge in [-0.1, -0.05) is 0 Å². The number of sulfonamides is 1. The Hall–Kier alpha value is -0.0400. The second-order valence-electron chi connectivity index (χ2n) is 5.52. The van der Waals surface area contributed by atoms with Gasteiger partial charge in [0.1, 0.15) is 4.33 Å². The molecule has 1 amide bonds. The number of carbonyl (C=O) groups is 1. The van der Waals surface area contributed by atoms with Crippen LogP contribution in [0.25, 0.3) is 0 Å². The topological polar surface area (TPSA) is 57.7 Å². The van der Waals surface area contributed by atoms with Crippen LogP contribution in [-0.4, -0.2) is 60.3 Å². The zero-order chi connectivity index (χ0) is 14.5. The second kappa shape index (κ2) is 4.76. The summed E-state index contributed by atoms with van der Waals surface area (Å²) in [6, 6.07) is 0. The van der Waals surface area contributed by atoms with E-state index in [1.807, 2.05) is 0 Å². The van der Waals surface area contributed by atoms with Gasteiger partial charge in [-0.05, 0) is 19.8 Å². The van der Waals surface area contributed by atoms with Gasteiger partial charge in [0.05, 0.1) is 11.7 Å². The standard InChI is InChI=1S/C11H18Cl2N2O3S/c1-10(8-11(10,12)13)9(16)14-4-3-5-15(7-6-14)19(2,17)18/h3-8H2,1-2H3. The number of hydrogen-bond acceptors (Lipinski definition) is 3. The van der Waals surface area contributed by atoms with Crippen LogP contribution in [0.5, 0.6) is 0 Å². The highest BCUT2D eigenvalue weighted by Crippen LogP contribution is 2.64. The maximum Gasteiger partial charge on any atom is 0.231 e. The summed E-state index contributed by atoms with van der Waals surface area (Å²) in [5.74, 6) is -0.0761. The largest absolute Gasteiger partial charge is 0.341 e. The van der Waals surface area contributed by atoms with Crippen LogP contribution < -0.4 is 0 Å². The first-order valence-electron chi connectivity index (χ1n) is 6.20. The summed E-state index contributed by atoms with van der Waals surface area (Å²) in [6.45, 7) is 3.48. The van der Waals surface area contributed by atoms with Crippen LogP contribution in [-0.2, 0) is 14.8 Å². The Morgan fingerprint density at radius 3 is 2.21 bits per heavy atom. The lowest BCUT2D eigenvalue weighted by Gasteiger charge is -2.25. The van der Waals surface area contributed by atoms with E-state index < -0.39 is 19.8 Å². The van der Waals surface area contributed by atoms with Gasteiger partial charge in [-0.2, -0.15) is 0 Å². The molecule has 0 N–H and O–H groups in total. The minimum Gasteiger partial charge on any atom is -0.341 e. The normalized spacial score (nSPS) is 31.9. The van der Waals surface area contributed by atoms with Gasteiger partial charge in [0, 0.05) is 26.2 Å². The minimum atomic E-state index is -3.20. The Labute approximate surface area is 123 Å². The molecular formula is C11H18Cl2N2O3S. The number of nitrogens with zero attached hydrogens (tertiary/aromatic N) is 2. The molecule has 1 aliphatic carbocycles. The molecule has 2 aliphatic rings. The van der Waals surface area contributed by atoms with Gasteiger partial charge in [0.15, 0.2) is 0 Å². The molecule has 2 rings (SSSR count). The highest BCUT2D eigenvalue weighted by Gasteiger charge is 2.68. The molecule has 1 heterocycles. The first-order valence-corrected chi connectivity index (χ1v) is 8.81. The minimum absolute atomic E-state index is 0.0761. The van der Waals surface area contributed by atoms with Crippen molar-refractivity contribution in [3.63, 3.8) is 0 Å². The quantitative estimate of drug-likeness (QED) is 0.712. The fourth-order valence-electron chi connectivity index (χ4n) is 2.41. The molecule has 1 aliphatic heterocycles. The van der Waals surface area contributed by atoms with Crippen molar-refractivity contribution in [2.24, 2.45) is 5.41 Å². The van der Waals surface area contributed by atoms with Crippen molar-refractivity contribution < 1.29 is 13.2 Å². The third-order valence-corrected chi connectivity index (χ3v) is 6.35. The molecule has 0 spiro atoms. The highest BCUT2D eigenvalue weighted by molar-refractivity contribution is 7.88. The van der Waals surface area contributed by atoms with Gasteiger partial charge in [0.2, 0.25) is 15.9 Å². The third kappa shape index (κ3) is 2.86. The van der Waals surface area contributed by atoms with Gasteiger partial charge < -0.3 is 4.90 Å². The monoisotopic (exact) mass is 328 g/mol. The van der Waals surface area contributed by atoms with Crippen LogP contribution in [0.4, 0.5) is 0 Å². The lowest BCUT2D eigenvalue weighted by Crippen LogP contribution is -2.41. The summed E-state index contributed by atoms with van der Waals surface area (Å²) in [6.07, 6.45) is 2.27. The number of hydrogen-bond donors (Lipinski definition) is 0. The van der Waals surface area contributed by atoms with E-state index in [9.17, 15) is 13.2 Å². The van der Waals surface area contributed by atoms with Crippen molar-refractivity contribution in [1.29, 1.82) is 0 Å². The van der Waals surface area contributed by atoms with Gasteiger partial charge in [-0.25, -0.2) is 12.7 Å². The van der Waals surface area contributed by atoms with Crippen molar-refractivity contribution >= 4 is 39.1 Å². The van der Waals surface area contributed by atoms with E-state index in [4.69, 9.17) is 23.2 Å². The lowest BCUT2D eigenvalue weighted by molar-refractivity contribution is -0.136. The fraction of sp³-hybridized carbons (Fsp3) is 0.909. The van der Waals surface area contributed by atoms with Crippen molar-refractivity contribution in [3.8, 4) is 0 Å². The predicted molar refractivity (Wildman–Crippen MR) is 74.8 cm³/mol. The van der Waals surface area contributed by atoms with E-state index in [0.29, 0.717) is 39.0 Å². The van der Waals surface area contributed by atoms with Crippen molar-refractivity contribution in [1.82, 2.24) is 9.21 Å². The Kier molecular flexibility index (Phi) is 3.84. The zero-order valence-electron chi connectivity index (χ0n) is 11.0. The maximum atomic E-state index is 12.4. The molecular weight excluding hydrogens is 311 g/mol. The summed E-state index contributed by atoms with van der Waals surface area (Å²) in [5, 5.41) is 0. The molecule has 8 heteroatoms. The summed E-state index contributed by atoms with van der Waals surface area (Å²) in [4.78, 5) is 14.1. The number of carbonyl (C=O) groups excluding carboxylic acids is 1. The summed E-state index contributed by atoms with van der Waals surface area (Å²) < 4.78 is 23.4. The summed E-state index contributed by atoms with van der Waals surface area (Å²) in [7, 11) is -3.20.